The van der Waals surface area contributed by atoms with E-state index >= 15 is 0 Å². The summed E-state index contributed by atoms with van der Waals surface area (Å²) in [6.45, 7) is 4.48. The van der Waals surface area contributed by atoms with Crippen molar-refractivity contribution < 1.29 is 28.9 Å². The highest BCUT2D eigenvalue weighted by Crippen LogP contribution is 2.57. The number of phenols is 1. The first-order chi connectivity index (χ1) is 23.8. The minimum atomic E-state index is -1.34. The van der Waals surface area contributed by atoms with Gasteiger partial charge < -0.3 is 24.6 Å². The van der Waals surface area contributed by atoms with Crippen LogP contribution in [0.15, 0.2) is 127 Å². The highest BCUT2D eigenvalue weighted by molar-refractivity contribution is 6.06. The molecule has 2 aliphatic heterocycles. The molecule has 0 fully saturated rings. The van der Waals surface area contributed by atoms with Gasteiger partial charge in [-0.25, -0.2) is 4.79 Å². The quantitative estimate of drug-likeness (QED) is 0.176. The maximum atomic E-state index is 13.6. The lowest BCUT2D eigenvalue weighted by Crippen LogP contribution is -2.33. The van der Waals surface area contributed by atoms with Gasteiger partial charge >= 0.3 is 5.97 Å². The lowest BCUT2D eigenvalue weighted by atomic mass is 9.77. The van der Waals surface area contributed by atoms with Gasteiger partial charge in [-0.1, -0.05) is 72.3 Å². The summed E-state index contributed by atoms with van der Waals surface area (Å²) in [5.74, 6) is 0.548. The normalized spacial score (nSPS) is 15.4. The highest BCUT2D eigenvalue weighted by Gasteiger charge is 2.53. The monoisotopic (exact) mass is 645 g/mol. The van der Waals surface area contributed by atoms with E-state index in [9.17, 15) is 14.7 Å². The van der Waals surface area contributed by atoms with E-state index < -0.39 is 11.6 Å². The molecule has 1 atom stereocenters. The number of phenolic OH excluding ortho intramolecular Hbond substituents is 1. The molecule has 6 aromatic carbocycles. The number of ether oxygens (including phenoxy) is 3. The Kier molecular flexibility index (Phi) is 7.18. The molecule has 7 heteroatoms. The van der Waals surface area contributed by atoms with Crippen LogP contribution in [0.25, 0.3) is 11.1 Å². The third kappa shape index (κ3) is 5.26. The molecule has 0 saturated carbocycles. The van der Waals surface area contributed by atoms with Gasteiger partial charge in [0.2, 0.25) is 0 Å². The first kappa shape index (κ1) is 30.0. The summed E-state index contributed by atoms with van der Waals surface area (Å²) >= 11 is 0. The molecule has 1 spiro atoms. The number of hydrogen-bond donors (Lipinski definition) is 2. The predicted molar refractivity (Wildman–Crippen MR) is 186 cm³/mol. The molecule has 7 nitrogen and oxygen atoms in total. The van der Waals surface area contributed by atoms with E-state index in [4.69, 9.17) is 14.2 Å². The fourth-order valence-electron chi connectivity index (χ4n) is 6.68. The summed E-state index contributed by atoms with van der Waals surface area (Å²) < 4.78 is 18.8. The summed E-state index contributed by atoms with van der Waals surface area (Å²) in [5.41, 5.74) is 7.18. The van der Waals surface area contributed by atoms with Crippen LogP contribution in [-0.4, -0.2) is 17.0 Å². The van der Waals surface area contributed by atoms with Gasteiger partial charge in [0, 0.05) is 40.1 Å². The molecule has 1 unspecified atom stereocenters. The Morgan fingerprint density at radius 1 is 0.755 bits per heavy atom. The second kappa shape index (κ2) is 11.7. The van der Waals surface area contributed by atoms with Crippen molar-refractivity contribution in [3.63, 3.8) is 0 Å². The third-order valence-electron chi connectivity index (χ3n) is 9.17. The van der Waals surface area contributed by atoms with Gasteiger partial charge in [0.05, 0.1) is 5.56 Å². The van der Waals surface area contributed by atoms with Crippen molar-refractivity contribution in [3.05, 3.63) is 172 Å². The van der Waals surface area contributed by atoms with Crippen molar-refractivity contribution in [1.82, 2.24) is 0 Å². The van der Waals surface area contributed by atoms with E-state index in [1.807, 2.05) is 54.6 Å². The molecule has 0 saturated heterocycles. The average Bonchev–Trinajstić information content (AvgIpc) is 3.39. The summed E-state index contributed by atoms with van der Waals surface area (Å²) in [6.07, 6.45) is 0. The average molecular weight is 646 g/mol. The number of fused-ring (bicyclic) bond motifs is 6. The molecule has 2 N–H and O–H groups in total. The lowest BCUT2D eigenvalue weighted by Gasteiger charge is -2.36. The molecule has 2 aliphatic rings. The number of rotatable bonds is 6. The van der Waals surface area contributed by atoms with Crippen LogP contribution in [0.2, 0.25) is 0 Å². The van der Waals surface area contributed by atoms with E-state index in [1.165, 1.54) is 11.6 Å². The van der Waals surface area contributed by atoms with Crippen LogP contribution in [0.5, 0.6) is 23.0 Å². The predicted octanol–water partition coefficient (Wildman–Crippen LogP) is 9.08. The van der Waals surface area contributed by atoms with E-state index in [-0.39, 0.29) is 11.7 Å². The van der Waals surface area contributed by atoms with Gasteiger partial charge in [0.25, 0.3) is 5.91 Å². The van der Waals surface area contributed by atoms with Gasteiger partial charge in [0.1, 0.15) is 29.6 Å². The number of esters is 1. The number of amides is 1. The number of carbonyl (C=O) groups excluding carboxylic acids is 2. The van der Waals surface area contributed by atoms with Crippen LogP contribution in [0.1, 0.15) is 54.1 Å². The van der Waals surface area contributed by atoms with E-state index in [0.717, 1.165) is 22.3 Å². The van der Waals surface area contributed by atoms with Gasteiger partial charge in [-0.05, 0) is 84.6 Å². The highest BCUT2D eigenvalue weighted by atomic mass is 16.6. The molecular formula is C42H31NO6. The third-order valence-corrected chi connectivity index (χ3v) is 9.17. The minimum Gasteiger partial charge on any atom is -0.508 e. The zero-order valence-corrected chi connectivity index (χ0v) is 26.8. The molecule has 0 bridgehead atoms. The van der Waals surface area contributed by atoms with Crippen molar-refractivity contribution in [2.24, 2.45) is 0 Å². The van der Waals surface area contributed by atoms with Gasteiger partial charge in [0.15, 0.2) is 5.60 Å². The zero-order chi connectivity index (χ0) is 33.7. The van der Waals surface area contributed by atoms with Gasteiger partial charge in [-0.2, -0.15) is 0 Å². The van der Waals surface area contributed by atoms with E-state index in [1.54, 1.807) is 48.5 Å². The van der Waals surface area contributed by atoms with Crippen molar-refractivity contribution in [2.75, 3.05) is 5.32 Å². The lowest BCUT2D eigenvalue weighted by molar-refractivity contribution is 0.0224. The number of aromatic hydroxyl groups is 1. The molecule has 0 aliphatic carbocycles. The number of carbonyl (C=O) groups is 2. The van der Waals surface area contributed by atoms with Crippen molar-refractivity contribution in [1.29, 1.82) is 0 Å². The first-order valence-corrected chi connectivity index (χ1v) is 16.0. The number of anilines is 1. The number of benzene rings is 6. The second-order valence-electron chi connectivity index (χ2n) is 12.4. The molecule has 49 heavy (non-hydrogen) atoms. The fraction of sp³-hybridized carbons (Fsp3) is 0.0952. The summed E-state index contributed by atoms with van der Waals surface area (Å²) in [4.78, 5) is 26.9. The molecule has 8 rings (SSSR count). The van der Waals surface area contributed by atoms with Crippen molar-refractivity contribution in [2.45, 2.75) is 26.1 Å². The van der Waals surface area contributed by atoms with Crippen LogP contribution in [0.3, 0.4) is 0 Å². The topological polar surface area (TPSA) is 94.1 Å². The van der Waals surface area contributed by atoms with Gasteiger partial charge in [-0.15, -0.1) is 0 Å². The Balaban J connectivity index is 1.11. The number of aryl methyl sites for hydroxylation is 2. The van der Waals surface area contributed by atoms with Crippen LogP contribution in [-0.2, 0) is 16.9 Å². The van der Waals surface area contributed by atoms with E-state index in [0.29, 0.717) is 57.4 Å². The standard InChI is InChI=1S/C42H31NO6/c1-25-8-9-30(26(2)20-25)24-47-33-16-19-37-39(23-33)48-38-22-32(44)15-18-36(38)42(37)35-17-14-31(21-34(35)41(46)49-42)43-40(45)29-12-10-28(11-13-29)27-6-4-3-5-7-27/h3-23,44H,24H2,1-2H3,(H,43,45). The van der Waals surface area contributed by atoms with Crippen LogP contribution >= 0.6 is 0 Å². The molecule has 240 valence electrons. The first-order valence-electron chi connectivity index (χ1n) is 16.0. The van der Waals surface area contributed by atoms with Crippen LogP contribution in [0, 0.1) is 13.8 Å². The van der Waals surface area contributed by atoms with Gasteiger partial charge in [-0.3, -0.25) is 4.79 Å². The summed E-state index contributed by atoms with van der Waals surface area (Å²) in [6, 6.07) is 38.9. The van der Waals surface area contributed by atoms with Crippen LogP contribution < -0.4 is 14.8 Å². The molecule has 1 amide bonds. The van der Waals surface area contributed by atoms with Crippen molar-refractivity contribution >= 4 is 17.6 Å². The SMILES string of the molecule is Cc1ccc(COc2ccc3c(c2)Oc2cc(O)ccc2C32OC(=O)c3cc(NC(=O)c4ccc(-c5ccccc5)cc4)ccc32)c(C)c1. The Hall–Kier alpha value is -6.34. The van der Waals surface area contributed by atoms with Crippen LogP contribution in [0.4, 0.5) is 5.69 Å². The minimum absolute atomic E-state index is 0.0130. The molecule has 0 radical (unpaired) electrons. The maximum Gasteiger partial charge on any atom is 0.340 e. The Bertz CT molecular complexity index is 2280. The summed E-state index contributed by atoms with van der Waals surface area (Å²) in [5, 5.41) is 13.3. The largest absolute Gasteiger partial charge is 0.508 e. The smallest absolute Gasteiger partial charge is 0.340 e. The molecule has 2 heterocycles. The zero-order valence-electron chi connectivity index (χ0n) is 26.8. The summed E-state index contributed by atoms with van der Waals surface area (Å²) in [7, 11) is 0. The number of nitrogens with one attached hydrogen (secondary N) is 1. The van der Waals surface area contributed by atoms with E-state index in [2.05, 4.69) is 37.4 Å². The molecule has 0 aromatic heterocycles. The molecular weight excluding hydrogens is 614 g/mol. The number of hydrogen-bond acceptors (Lipinski definition) is 6. The Morgan fingerprint density at radius 2 is 1.47 bits per heavy atom. The van der Waals surface area contributed by atoms with Crippen molar-refractivity contribution in [3.8, 4) is 34.1 Å². The second-order valence-corrected chi connectivity index (χ2v) is 12.4. The Labute approximate surface area is 283 Å². The molecule has 6 aromatic rings. The maximum absolute atomic E-state index is 13.6. The Morgan fingerprint density at radius 3 is 2.24 bits per heavy atom. The fourth-order valence-corrected chi connectivity index (χ4v) is 6.68.